The maximum atomic E-state index is 11.3. The molecule has 10 heteroatoms. The summed E-state index contributed by atoms with van der Waals surface area (Å²) in [5, 5.41) is 27.4. The quantitative estimate of drug-likeness (QED) is 0.466. The van der Waals surface area contributed by atoms with Gasteiger partial charge in [-0.05, 0) is 48.4 Å². The molecule has 1 aromatic heterocycles. The lowest BCUT2D eigenvalue weighted by Gasteiger charge is -2.00. The minimum absolute atomic E-state index is 0. The Hall–Kier alpha value is -2.43. The molecule has 0 radical (unpaired) electrons. The zero-order valence-corrected chi connectivity index (χ0v) is 16.0. The number of nitrogens with zero attached hydrogens (tertiary/aromatic N) is 2. The Morgan fingerprint density at radius 1 is 1.12 bits per heavy atom. The Bertz CT molecular complexity index is 1110. The van der Waals surface area contributed by atoms with Crippen molar-refractivity contribution in [3.63, 3.8) is 0 Å². The van der Waals surface area contributed by atoms with E-state index in [9.17, 15) is 13.5 Å². The average Bonchev–Trinajstić information content (AvgIpc) is 3.13. The Morgan fingerprint density at radius 3 is 2.54 bits per heavy atom. The molecule has 3 aromatic rings. The van der Waals surface area contributed by atoms with Crippen molar-refractivity contribution in [3.8, 4) is 5.88 Å². The standard InChI is InChI=1S/C16H15N5O3S.BrH/c17-25(23,24)11-3-1-10(2-4-11)20-21-15-12-8-13-9(5-6-18-13)7-14(12)19-16(15)22;/h1-4,7-8,18-19,22H,5-6H2,(H2,17,23,24);1H. The molecule has 2 heterocycles. The van der Waals surface area contributed by atoms with Gasteiger partial charge >= 0.3 is 0 Å². The van der Waals surface area contributed by atoms with Crippen molar-refractivity contribution in [1.82, 2.24) is 4.98 Å². The van der Waals surface area contributed by atoms with Crippen LogP contribution in [0.3, 0.4) is 0 Å². The SMILES string of the molecule is Br.NS(=O)(=O)c1ccc(N=Nc2c(O)[nH]c3cc4c(cc23)NCC4)cc1. The summed E-state index contributed by atoms with van der Waals surface area (Å²) in [7, 11) is -3.74. The number of fused-ring (bicyclic) bond motifs is 2. The van der Waals surface area contributed by atoms with Gasteiger partial charge in [-0.3, -0.25) is 0 Å². The monoisotopic (exact) mass is 437 g/mol. The summed E-state index contributed by atoms with van der Waals surface area (Å²) in [4.78, 5) is 2.90. The Kier molecular flexibility index (Phi) is 4.74. The number of aromatic hydroxyl groups is 1. The number of benzene rings is 2. The highest BCUT2D eigenvalue weighted by atomic mass is 79.9. The number of rotatable bonds is 3. The normalized spacial score (nSPS) is 13.6. The van der Waals surface area contributed by atoms with E-state index >= 15 is 0 Å². The van der Waals surface area contributed by atoms with Gasteiger partial charge in [-0.15, -0.1) is 22.1 Å². The van der Waals surface area contributed by atoms with Gasteiger partial charge < -0.3 is 15.4 Å². The van der Waals surface area contributed by atoms with Crippen molar-refractivity contribution in [3.05, 3.63) is 42.0 Å². The van der Waals surface area contributed by atoms with E-state index in [0.29, 0.717) is 11.4 Å². The van der Waals surface area contributed by atoms with Gasteiger partial charge in [0.1, 0.15) is 0 Å². The van der Waals surface area contributed by atoms with E-state index in [1.807, 2.05) is 12.1 Å². The number of sulfonamides is 1. The average molecular weight is 438 g/mol. The van der Waals surface area contributed by atoms with Gasteiger partial charge in [-0.1, -0.05) is 0 Å². The van der Waals surface area contributed by atoms with Crippen LogP contribution in [-0.4, -0.2) is 25.1 Å². The molecule has 1 aliphatic rings. The number of azo groups is 1. The molecule has 2 aromatic carbocycles. The molecule has 0 saturated carbocycles. The minimum atomic E-state index is -3.74. The largest absolute Gasteiger partial charge is 0.493 e. The fourth-order valence-electron chi connectivity index (χ4n) is 2.87. The number of nitrogens with two attached hydrogens (primary N) is 1. The first-order chi connectivity index (χ1) is 11.9. The summed E-state index contributed by atoms with van der Waals surface area (Å²) in [6.45, 7) is 0.890. The summed E-state index contributed by atoms with van der Waals surface area (Å²) in [6, 6.07) is 9.63. The summed E-state index contributed by atoms with van der Waals surface area (Å²) in [6.07, 6.45) is 0.943. The molecule has 0 bridgehead atoms. The van der Waals surface area contributed by atoms with E-state index in [1.165, 1.54) is 29.8 Å². The van der Waals surface area contributed by atoms with Crippen LogP contribution in [0.15, 0.2) is 51.5 Å². The first-order valence-corrected chi connectivity index (χ1v) is 9.12. The van der Waals surface area contributed by atoms with Gasteiger partial charge in [0, 0.05) is 17.6 Å². The van der Waals surface area contributed by atoms with Crippen molar-refractivity contribution >= 4 is 55.0 Å². The van der Waals surface area contributed by atoms with Crippen molar-refractivity contribution in [1.29, 1.82) is 0 Å². The third kappa shape index (κ3) is 3.30. The van der Waals surface area contributed by atoms with Crippen LogP contribution in [0.5, 0.6) is 5.88 Å². The molecule has 8 nitrogen and oxygen atoms in total. The molecular weight excluding hydrogens is 422 g/mol. The molecule has 0 spiro atoms. The molecule has 4 rings (SSSR count). The number of aromatic amines is 1. The number of nitrogens with one attached hydrogen (secondary N) is 2. The van der Waals surface area contributed by atoms with E-state index in [-0.39, 0.29) is 27.8 Å². The van der Waals surface area contributed by atoms with E-state index in [2.05, 4.69) is 20.5 Å². The highest BCUT2D eigenvalue weighted by molar-refractivity contribution is 8.93. The molecule has 0 saturated heterocycles. The molecule has 26 heavy (non-hydrogen) atoms. The van der Waals surface area contributed by atoms with Crippen molar-refractivity contribution in [2.24, 2.45) is 15.4 Å². The number of aromatic nitrogens is 1. The van der Waals surface area contributed by atoms with Crippen LogP contribution in [-0.2, 0) is 16.4 Å². The van der Waals surface area contributed by atoms with Gasteiger partial charge in [0.25, 0.3) is 0 Å². The Balaban J connectivity index is 0.00000196. The third-order valence-corrected chi connectivity index (χ3v) is 5.05. The lowest BCUT2D eigenvalue weighted by atomic mass is 10.1. The molecule has 0 amide bonds. The predicted octanol–water partition coefficient (Wildman–Crippen LogP) is 3.48. The summed E-state index contributed by atoms with van der Waals surface area (Å²) >= 11 is 0. The van der Waals surface area contributed by atoms with Crippen LogP contribution in [0.4, 0.5) is 17.1 Å². The number of anilines is 1. The maximum absolute atomic E-state index is 11.3. The summed E-state index contributed by atoms with van der Waals surface area (Å²) < 4.78 is 22.5. The van der Waals surface area contributed by atoms with Crippen LogP contribution in [0.1, 0.15) is 5.56 Å². The number of hydrogen-bond donors (Lipinski definition) is 4. The number of H-pyrrole nitrogens is 1. The molecule has 0 atom stereocenters. The predicted molar refractivity (Wildman–Crippen MR) is 104 cm³/mol. The highest BCUT2D eigenvalue weighted by Gasteiger charge is 2.16. The van der Waals surface area contributed by atoms with Crippen molar-refractivity contribution < 1.29 is 13.5 Å². The molecule has 0 unspecified atom stereocenters. The topological polar surface area (TPSA) is 133 Å². The fourth-order valence-corrected chi connectivity index (χ4v) is 3.39. The number of halogens is 1. The van der Waals surface area contributed by atoms with Gasteiger partial charge in [-0.2, -0.15) is 5.11 Å². The third-order valence-electron chi connectivity index (χ3n) is 4.12. The zero-order valence-electron chi connectivity index (χ0n) is 13.4. The lowest BCUT2D eigenvalue weighted by Crippen LogP contribution is -2.11. The fraction of sp³-hybridized carbons (Fsp3) is 0.125. The molecule has 1 aliphatic heterocycles. The Labute approximate surface area is 160 Å². The molecular formula is C16H16BrN5O3S. The number of primary sulfonamides is 1. The zero-order chi connectivity index (χ0) is 17.6. The second-order valence-electron chi connectivity index (χ2n) is 5.79. The first-order valence-electron chi connectivity index (χ1n) is 7.58. The van der Waals surface area contributed by atoms with Crippen LogP contribution in [0.2, 0.25) is 0 Å². The second kappa shape index (κ2) is 6.71. The highest BCUT2D eigenvalue weighted by Crippen LogP contribution is 2.39. The Morgan fingerprint density at radius 2 is 1.85 bits per heavy atom. The van der Waals surface area contributed by atoms with Crippen molar-refractivity contribution in [2.45, 2.75) is 11.3 Å². The van der Waals surface area contributed by atoms with E-state index in [1.54, 1.807) is 0 Å². The first kappa shape index (κ1) is 18.4. The van der Waals surface area contributed by atoms with Crippen LogP contribution >= 0.6 is 17.0 Å². The maximum Gasteiger partial charge on any atom is 0.238 e. The van der Waals surface area contributed by atoms with Gasteiger partial charge in [0.2, 0.25) is 15.9 Å². The summed E-state index contributed by atoms with van der Waals surface area (Å²) in [5.41, 5.74) is 3.79. The number of hydrogen-bond acceptors (Lipinski definition) is 6. The second-order valence-corrected chi connectivity index (χ2v) is 7.35. The molecule has 0 fully saturated rings. The van der Waals surface area contributed by atoms with Crippen LogP contribution in [0.25, 0.3) is 10.9 Å². The van der Waals surface area contributed by atoms with Gasteiger partial charge in [0.15, 0.2) is 5.69 Å². The van der Waals surface area contributed by atoms with Gasteiger partial charge in [0.05, 0.1) is 16.1 Å². The van der Waals surface area contributed by atoms with E-state index < -0.39 is 10.0 Å². The molecule has 5 N–H and O–H groups in total. The lowest BCUT2D eigenvalue weighted by molar-refractivity contribution is 0.459. The molecule has 0 aliphatic carbocycles. The smallest absolute Gasteiger partial charge is 0.238 e. The van der Waals surface area contributed by atoms with E-state index in [0.717, 1.165) is 29.6 Å². The van der Waals surface area contributed by atoms with Crippen LogP contribution < -0.4 is 10.5 Å². The minimum Gasteiger partial charge on any atom is -0.493 e. The molecule has 136 valence electrons. The van der Waals surface area contributed by atoms with Crippen LogP contribution in [0, 0.1) is 0 Å². The summed E-state index contributed by atoms with van der Waals surface area (Å²) in [5.74, 6) is -0.0661. The van der Waals surface area contributed by atoms with E-state index in [4.69, 9.17) is 5.14 Å². The van der Waals surface area contributed by atoms with Crippen molar-refractivity contribution in [2.75, 3.05) is 11.9 Å². The van der Waals surface area contributed by atoms with Gasteiger partial charge in [-0.25, -0.2) is 13.6 Å².